The first-order chi connectivity index (χ1) is 16.3. The van der Waals surface area contributed by atoms with Crippen LogP contribution in [0.25, 0.3) is 0 Å². The van der Waals surface area contributed by atoms with Gasteiger partial charge in [-0.2, -0.15) is 4.31 Å². The van der Waals surface area contributed by atoms with Crippen LogP contribution in [0.5, 0.6) is 0 Å². The highest BCUT2D eigenvalue weighted by atomic mass is 35.5. The Balaban J connectivity index is 1.96. The van der Waals surface area contributed by atoms with Crippen molar-refractivity contribution in [3.05, 3.63) is 64.4 Å². The normalized spacial score (nSPS) is 13.2. The molecule has 0 saturated heterocycles. The van der Waals surface area contributed by atoms with Crippen LogP contribution < -0.4 is 5.32 Å². The van der Waals surface area contributed by atoms with Gasteiger partial charge in [0, 0.05) is 32.1 Å². The Bertz CT molecular complexity index is 1100. The second-order valence-electron chi connectivity index (χ2n) is 9.31. The third-order valence-electron chi connectivity index (χ3n) is 5.77. The minimum atomic E-state index is -4.22. The van der Waals surface area contributed by atoms with Gasteiger partial charge in [-0.15, -0.1) is 0 Å². The summed E-state index contributed by atoms with van der Waals surface area (Å²) in [5, 5.41) is 22.4. The lowest BCUT2D eigenvalue weighted by atomic mass is 9.95. The van der Waals surface area contributed by atoms with Crippen molar-refractivity contribution in [2.24, 2.45) is 0 Å². The van der Waals surface area contributed by atoms with Gasteiger partial charge in [-0.25, -0.2) is 12.8 Å². The number of nitrogens with zero attached hydrogens (tertiary/aromatic N) is 1. The van der Waals surface area contributed by atoms with Gasteiger partial charge in [0.2, 0.25) is 10.0 Å². The highest BCUT2D eigenvalue weighted by Gasteiger charge is 2.28. The van der Waals surface area contributed by atoms with Crippen LogP contribution in [-0.4, -0.2) is 60.7 Å². The molecule has 0 amide bonds. The molecule has 0 aromatic heterocycles. The van der Waals surface area contributed by atoms with E-state index >= 15 is 0 Å². The van der Waals surface area contributed by atoms with Crippen LogP contribution in [0.4, 0.5) is 4.39 Å². The zero-order valence-corrected chi connectivity index (χ0v) is 21.9. The van der Waals surface area contributed by atoms with Crippen molar-refractivity contribution in [3.8, 4) is 0 Å². The zero-order valence-electron chi connectivity index (χ0n) is 20.3. The summed E-state index contributed by atoms with van der Waals surface area (Å²) in [6.07, 6.45) is 1.33. The van der Waals surface area contributed by atoms with Gasteiger partial charge in [-0.3, -0.25) is 4.79 Å². The molecule has 0 fully saturated rings. The second-order valence-corrected chi connectivity index (χ2v) is 11.7. The number of carboxylic acid groups (broad SMARTS) is 1. The van der Waals surface area contributed by atoms with Crippen molar-refractivity contribution in [2.75, 3.05) is 20.1 Å². The van der Waals surface area contributed by atoms with E-state index in [9.17, 15) is 22.7 Å². The number of β-amino-alcohol motifs (C(OH)–C–C–N with tert-alkyl or cyclic N) is 1. The third kappa shape index (κ3) is 9.16. The fourth-order valence-electron chi connectivity index (χ4n) is 3.72. The fraction of sp³-hybridized carbons (Fsp3) is 0.480. The number of benzene rings is 2. The Morgan fingerprint density at radius 3 is 2.49 bits per heavy atom. The van der Waals surface area contributed by atoms with Crippen LogP contribution >= 0.6 is 11.6 Å². The van der Waals surface area contributed by atoms with Crippen LogP contribution in [0.1, 0.15) is 44.2 Å². The largest absolute Gasteiger partial charge is 0.481 e. The number of hydrogen-bond acceptors (Lipinski definition) is 5. The number of rotatable bonds is 14. The Morgan fingerprint density at radius 1 is 1.20 bits per heavy atom. The standard InChI is InChI=1S/C25H34ClFN2O5S/c1-25(2,13-7-10-18-8-5-4-6-9-18)28-16-21(30)17-29(3)35(33,34)22-15-20(27)14-19(24(22)26)11-12-23(31)32/h4-6,8-9,14-15,21,28,30H,7,10-13,16-17H2,1-3H3,(H,31,32)/t21-/m1/s1. The topological polar surface area (TPSA) is 107 Å². The molecule has 2 aromatic rings. The van der Waals surface area contributed by atoms with Gasteiger partial charge in [0.25, 0.3) is 0 Å². The molecule has 0 aliphatic rings. The molecule has 35 heavy (non-hydrogen) atoms. The molecule has 0 aliphatic carbocycles. The zero-order chi connectivity index (χ0) is 26.2. The molecule has 0 heterocycles. The Morgan fingerprint density at radius 2 is 1.86 bits per heavy atom. The summed E-state index contributed by atoms with van der Waals surface area (Å²) >= 11 is 6.20. The lowest BCUT2D eigenvalue weighted by molar-refractivity contribution is -0.136. The highest BCUT2D eigenvalue weighted by Crippen LogP contribution is 2.30. The van der Waals surface area contributed by atoms with Gasteiger partial charge in [-0.05, 0) is 62.8 Å². The summed E-state index contributed by atoms with van der Waals surface area (Å²) in [6, 6.07) is 12.0. The number of nitrogens with one attached hydrogen (secondary N) is 1. The maximum absolute atomic E-state index is 14.1. The van der Waals surface area contributed by atoms with E-state index in [1.54, 1.807) is 0 Å². The Labute approximate surface area is 212 Å². The van der Waals surface area contributed by atoms with Crippen molar-refractivity contribution in [2.45, 2.75) is 62.5 Å². The molecule has 3 N–H and O–H groups in total. The SMILES string of the molecule is CN(C[C@H](O)CNC(C)(C)CCCc1ccccc1)S(=O)(=O)c1cc(F)cc(CCC(=O)O)c1Cl. The van der Waals surface area contributed by atoms with E-state index < -0.39 is 32.8 Å². The first kappa shape index (κ1) is 29.2. The molecule has 0 radical (unpaired) electrons. The van der Waals surface area contributed by atoms with Crippen LogP contribution in [0.3, 0.4) is 0 Å². The molecule has 194 valence electrons. The van der Waals surface area contributed by atoms with E-state index in [2.05, 4.69) is 17.4 Å². The van der Waals surface area contributed by atoms with Crippen molar-refractivity contribution < 1.29 is 27.8 Å². The van der Waals surface area contributed by atoms with E-state index in [1.807, 2.05) is 32.0 Å². The van der Waals surface area contributed by atoms with Crippen molar-refractivity contribution >= 4 is 27.6 Å². The number of halogens is 2. The highest BCUT2D eigenvalue weighted by molar-refractivity contribution is 7.89. The number of aliphatic hydroxyl groups excluding tert-OH is 1. The summed E-state index contributed by atoms with van der Waals surface area (Å²) in [5.41, 5.74) is 1.09. The predicted molar refractivity (Wildman–Crippen MR) is 135 cm³/mol. The number of aliphatic hydroxyl groups is 1. The summed E-state index contributed by atoms with van der Waals surface area (Å²) in [4.78, 5) is 10.4. The molecule has 0 aliphatic heterocycles. The number of carbonyl (C=O) groups is 1. The number of aryl methyl sites for hydroxylation is 2. The molecule has 2 rings (SSSR count). The average molecular weight is 529 g/mol. The molecule has 0 saturated carbocycles. The smallest absolute Gasteiger partial charge is 0.303 e. The van der Waals surface area contributed by atoms with Crippen LogP contribution in [-0.2, 0) is 27.7 Å². The molecule has 7 nitrogen and oxygen atoms in total. The van der Waals surface area contributed by atoms with Crippen LogP contribution in [0, 0.1) is 5.82 Å². The summed E-state index contributed by atoms with van der Waals surface area (Å²) < 4.78 is 41.1. The fourth-order valence-corrected chi connectivity index (χ4v) is 5.54. The maximum Gasteiger partial charge on any atom is 0.303 e. The molecule has 0 bridgehead atoms. The van der Waals surface area contributed by atoms with Gasteiger partial charge in [0.05, 0.1) is 11.1 Å². The van der Waals surface area contributed by atoms with Crippen molar-refractivity contribution in [3.63, 3.8) is 0 Å². The summed E-state index contributed by atoms with van der Waals surface area (Å²) in [5.74, 6) is -1.94. The van der Waals surface area contributed by atoms with E-state index in [4.69, 9.17) is 16.7 Å². The van der Waals surface area contributed by atoms with Crippen molar-refractivity contribution in [1.82, 2.24) is 9.62 Å². The lowest BCUT2D eigenvalue weighted by Gasteiger charge is -2.29. The molecule has 0 unspecified atom stereocenters. The van der Waals surface area contributed by atoms with Crippen LogP contribution in [0.2, 0.25) is 5.02 Å². The van der Waals surface area contributed by atoms with Gasteiger partial charge >= 0.3 is 5.97 Å². The predicted octanol–water partition coefficient (Wildman–Crippen LogP) is 3.87. The monoisotopic (exact) mass is 528 g/mol. The number of hydrogen-bond donors (Lipinski definition) is 3. The van der Waals surface area contributed by atoms with Crippen molar-refractivity contribution in [1.29, 1.82) is 0 Å². The quantitative estimate of drug-likeness (QED) is 0.343. The number of carboxylic acids is 1. The van der Waals surface area contributed by atoms with E-state index in [-0.39, 0.29) is 42.1 Å². The number of sulfonamides is 1. The molecule has 2 aromatic carbocycles. The van der Waals surface area contributed by atoms with Gasteiger partial charge in [0.15, 0.2) is 0 Å². The molecule has 10 heteroatoms. The van der Waals surface area contributed by atoms with Crippen LogP contribution in [0.15, 0.2) is 47.4 Å². The minimum Gasteiger partial charge on any atom is -0.481 e. The Kier molecular flexibility index (Phi) is 10.7. The van der Waals surface area contributed by atoms with E-state index in [1.165, 1.54) is 12.6 Å². The maximum atomic E-state index is 14.1. The van der Waals surface area contributed by atoms with Gasteiger partial charge < -0.3 is 15.5 Å². The molecule has 1 atom stereocenters. The summed E-state index contributed by atoms with van der Waals surface area (Å²) in [7, 11) is -2.94. The molecule has 0 spiro atoms. The van der Waals surface area contributed by atoms with Gasteiger partial charge in [-0.1, -0.05) is 41.9 Å². The number of aliphatic carboxylic acids is 1. The molecular weight excluding hydrogens is 495 g/mol. The lowest BCUT2D eigenvalue weighted by Crippen LogP contribution is -2.46. The van der Waals surface area contributed by atoms with E-state index in [0.29, 0.717) is 0 Å². The second kappa shape index (κ2) is 12.8. The Hall–Kier alpha value is -2.04. The third-order valence-corrected chi connectivity index (χ3v) is 8.18. The number of likely N-dealkylation sites (N-methyl/N-ethyl adjacent to an activating group) is 1. The van der Waals surface area contributed by atoms with Gasteiger partial charge in [0.1, 0.15) is 10.7 Å². The summed E-state index contributed by atoms with van der Waals surface area (Å²) in [6.45, 7) is 3.98. The first-order valence-electron chi connectivity index (χ1n) is 11.4. The van der Waals surface area contributed by atoms with E-state index in [0.717, 1.165) is 35.7 Å². The average Bonchev–Trinajstić information content (AvgIpc) is 2.78. The first-order valence-corrected chi connectivity index (χ1v) is 13.3. The minimum absolute atomic E-state index is 0.0977. The molecular formula is C25H34ClFN2O5S.